The molecule has 3 aromatic rings. The summed E-state index contributed by atoms with van der Waals surface area (Å²) >= 11 is 0. The molecule has 0 atom stereocenters. The number of hydrogen-bond acceptors (Lipinski definition) is 0. The summed E-state index contributed by atoms with van der Waals surface area (Å²) in [6, 6.07) is 28.4. The molecule has 24 heavy (non-hydrogen) atoms. The molecule has 3 rings (SSSR count). The molecule has 0 N–H and O–H groups in total. The van der Waals surface area contributed by atoms with Gasteiger partial charge in [-0.25, -0.2) is 6.07 Å². The predicted octanol–water partition coefficient (Wildman–Crippen LogP) is -3.84. The van der Waals surface area contributed by atoms with Gasteiger partial charge in [0, 0.05) is 0 Å². The third-order valence-electron chi connectivity index (χ3n) is 3.85. The summed E-state index contributed by atoms with van der Waals surface area (Å²) in [5.41, 5.74) is 5.51. The first kappa shape index (κ1) is 25.6. The zero-order chi connectivity index (χ0) is 13.8. The first-order valence-electron chi connectivity index (χ1n) is 7.24. The molecule has 3 aromatic carbocycles. The van der Waals surface area contributed by atoms with Gasteiger partial charge >= 0.3 is 21.7 Å². The minimum atomic E-state index is 0. The van der Waals surface area contributed by atoms with E-state index in [1.165, 1.54) is 22.3 Å². The molecule has 0 heterocycles. The number of rotatable bonds is 4. The average Bonchev–Trinajstić information content (AvgIpc) is 2.98. The second-order valence-corrected chi connectivity index (χ2v) is 5.16. The molecule has 124 valence electrons. The van der Waals surface area contributed by atoms with E-state index >= 15 is 0 Å². The molecule has 0 spiro atoms. The maximum absolute atomic E-state index is 2.34. The second kappa shape index (κ2) is 12.7. The molecule has 0 saturated carbocycles. The van der Waals surface area contributed by atoms with Crippen molar-refractivity contribution in [3.8, 4) is 0 Å². The zero-order valence-electron chi connectivity index (χ0n) is 13.4. The Morgan fingerprint density at radius 2 is 1.21 bits per heavy atom. The van der Waals surface area contributed by atoms with Gasteiger partial charge in [-0.05, 0) is 17.0 Å². The van der Waals surface area contributed by atoms with Crippen molar-refractivity contribution in [2.75, 3.05) is 0 Å². The minimum absolute atomic E-state index is 0. The molecule has 0 aliphatic rings. The van der Waals surface area contributed by atoms with Gasteiger partial charge in [-0.1, -0.05) is 74.0 Å². The molecule has 0 aliphatic carbocycles. The van der Waals surface area contributed by atoms with Gasteiger partial charge in [0.15, 0.2) is 0 Å². The Hall–Kier alpha value is -0.626. The van der Waals surface area contributed by atoms with Gasteiger partial charge in [0.05, 0.1) is 0 Å². The summed E-state index contributed by atoms with van der Waals surface area (Å²) in [6.07, 6.45) is 1.09. The van der Waals surface area contributed by atoms with Crippen LogP contribution in [0.3, 0.4) is 0 Å². The van der Waals surface area contributed by atoms with Crippen molar-refractivity contribution in [2.45, 2.75) is 19.3 Å². The van der Waals surface area contributed by atoms with Crippen molar-refractivity contribution in [1.29, 1.82) is 0 Å². The molecule has 0 bridgehead atoms. The maximum Gasteiger partial charge on any atom is 4.00 e. The van der Waals surface area contributed by atoms with Gasteiger partial charge in [0.25, 0.3) is 0 Å². The summed E-state index contributed by atoms with van der Waals surface area (Å²) in [4.78, 5) is 0. The standard InChI is InChI=1S/C20H19.3ClH.Ti/c1-2-16-13-14-19(15-16)20(17-9-5-3-6-10-17)18-11-7-4-8-12-18;;;;/h3-15,20H,2H2,1H3;3*1H;/q-1;;;;+4/p-3. The number of benzene rings is 2. The van der Waals surface area contributed by atoms with Crippen LogP contribution in [0.25, 0.3) is 0 Å². The van der Waals surface area contributed by atoms with Crippen LogP contribution in [-0.4, -0.2) is 0 Å². The third-order valence-corrected chi connectivity index (χ3v) is 3.85. The van der Waals surface area contributed by atoms with Crippen LogP contribution in [0.4, 0.5) is 0 Å². The fraction of sp³-hybridized carbons (Fsp3) is 0.150. The molecule has 4 heteroatoms. The first-order chi connectivity index (χ1) is 9.88. The Morgan fingerprint density at radius 3 is 1.58 bits per heavy atom. The van der Waals surface area contributed by atoms with Crippen LogP contribution in [0.2, 0.25) is 0 Å². The van der Waals surface area contributed by atoms with Gasteiger partial charge in [0.2, 0.25) is 0 Å². The van der Waals surface area contributed by atoms with Crippen LogP contribution in [0.1, 0.15) is 35.1 Å². The topological polar surface area (TPSA) is 0 Å². The van der Waals surface area contributed by atoms with E-state index in [0.29, 0.717) is 5.92 Å². The Bertz CT molecular complexity index is 626. The van der Waals surface area contributed by atoms with E-state index < -0.39 is 0 Å². The SMILES string of the molecule is CCc1cc[c-](C(c2ccccc2)c2ccccc2)c1.[Cl-].[Cl-].[Cl-].[Ti+4]. The summed E-state index contributed by atoms with van der Waals surface area (Å²) in [5.74, 6) is 0.331. The van der Waals surface area contributed by atoms with E-state index in [2.05, 4.69) is 85.8 Å². The van der Waals surface area contributed by atoms with E-state index in [0.717, 1.165) is 6.42 Å². The Kier molecular flexibility index (Phi) is 13.5. The van der Waals surface area contributed by atoms with E-state index in [1.54, 1.807) is 0 Å². The fourth-order valence-corrected chi connectivity index (χ4v) is 2.78. The van der Waals surface area contributed by atoms with Crippen molar-refractivity contribution < 1.29 is 58.9 Å². The van der Waals surface area contributed by atoms with E-state index in [4.69, 9.17) is 0 Å². The summed E-state index contributed by atoms with van der Waals surface area (Å²) < 4.78 is 0. The van der Waals surface area contributed by atoms with Gasteiger partial charge in [0.1, 0.15) is 0 Å². The largest absolute Gasteiger partial charge is 4.00 e. The van der Waals surface area contributed by atoms with E-state index in [9.17, 15) is 0 Å². The Labute approximate surface area is 178 Å². The zero-order valence-corrected chi connectivity index (χ0v) is 17.3. The summed E-state index contributed by atoms with van der Waals surface area (Å²) in [7, 11) is 0. The molecule has 0 aromatic heterocycles. The predicted molar refractivity (Wildman–Crippen MR) is 85.2 cm³/mol. The third kappa shape index (κ3) is 6.03. The molecule has 0 fully saturated rings. The molecule has 0 radical (unpaired) electrons. The first-order valence-corrected chi connectivity index (χ1v) is 7.24. The van der Waals surface area contributed by atoms with Gasteiger partial charge in [-0.3, -0.25) is 0 Å². The molecule has 0 nitrogen and oxygen atoms in total. The van der Waals surface area contributed by atoms with Crippen LogP contribution in [0.15, 0.2) is 78.9 Å². The molecule has 0 amide bonds. The molecular formula is C20H19Cl3Ti. The summed E-state index contributed by atoms with van der Waals surface area (Å²) in [5, 5.41) is 0. The van der Waals surface area contributed by atoms with Crippen molar-refractivity contribution in [2.24, 2.45) is 0 Å². The van der Waals surface area contributed by atoms with Gasteiger partial charge in [-0.15, -0.1) is 5.56 Å². The van der Waals surface area contributed by atoms with Crippen molar-refractivity contribution in [3.05, 3.63) is 101 Å². The molecular weight excluding hydrogens is 394 g/mol. The molecule has 0 unspecified atom stereocenters. The quantitative estimate of drug-likeness (QED) is 0.304. The van der Waals surface area contributed by atoms with E-state index in [-0.39, 0.29) is 58.9 Å². The van der Waals surface area contributed by atoms with Gasteiger partial charge < -0.3 is 37.2 Å². The maximum atomic E-state index is 2.34. The molecule has 0 aliphatic heterocycles. The Morgan fingerprint density at radius 1 is 0.750 bits per heavy atom. The van der Waals surface area contributed by atoms with E-state index in [1.807, 2.05) is 0 Å². The monoisotopic (exact) mass is 412 g/mol. The van der Waals surface area contributed by atoms with Crippen molar-refractivity contribution in [3.63, 3.8) is 0 Å². The fourth-order valence-electron chi connectivity index (χ4n) is 2.78. The van der Waals surface area contributed by atoms with Crippen LogP contribution in [0.5, 0.6) is 0 Å². The normalized spacial score (nSPS) is 9.08. The van der Waals surface area contributed by atoms with Crippen LogP contribution in [-0.2, 0) is 28.1 Å². The average molecular weight is 414 g/mol. The minimum Gasteiger partial charge on any atom is -1.00 e. The van der Waals surface area contributed by atoms with Crippen LogP contribution < -0.4 is 37.2 Å². The number of aryl methyl sites for hydroxylation is 1. The van der Waals surface area contributed by atoms with Crippen LogP contribution >= 0.6 is 0 Å². The molecule has 0 saturated heterocycles. The summed E-state index contributed by atoms with van der Waals surface area (Å²) in [6.45, 7) is 2.21. The van der Waals surface area contributed by atoms with Crippen molar-refractivity contribution >= 4 is 0 Å². The van der Waals surface area contributed by atoms with Gasteiger partial charge in [-0.2, -0.15) is 17.7 Å². The smallest absolute Gasteiger partial charge is 1.00 e. The van der Waals surface area contributed by atoms with Crippen molar-refractivity contribution in [1.82, 2.24) is 0 Å². The number of halogens is 3. The second-order valence-electron chi connectivity index (χ2n) is 5.16. The Balaban J connectivity index is 0. The van der Waals surface area contributed by atoms with Crippen LogP contribution in [0, 0.1) is 0 Å². The number of hydrogen-bond donors (Lipinski definition) is 0.